The van der Waals surface area contributed by atoms with Crippen molar-refractivity contribution in [2.45, 2.75) is 59.0 Å². The van der Waals surface area contributed by atoms with Gasteiger partial charge in [0, 0.05) is 19.5 Å². The molecule has 1 heterocycles. The predicted octanol–water partition coefficient (Wildman–Crippen LogP) is 4.63. The van der Waals surface area contributed by atoms with Gasteiger partial charge in [-0.1, -0.05) is 57.0 Å². The maximum Gasteiger partial charge on any atom is 0.242 e. The molecule has 0 saturated carbocycles. The molecule has 0 saturated heterocycles. The molecule has 0 aliphatic carbocycles. The Bertz CT molecular complexity index is 698. The second-order valence-electron chi connectivity index (χ2n) is 7.09. The van der Waals surface area contributed by atoms with Crippen LogP contribution >= 0.6 is 0 Å². The number of carbonyl (C=O) groups excluding carboxylic acids is 2. The van der Waals surface area contributed by atoms with Gasteiger partial charge < -0.3 is 14.2 Å². The zero-order valence-corrected chi connectivity index (χ0v) is 17.1. The molecule has 1 aromatic heterocycles. The van der Waals surface area contributed by atoms with Gasteiger partial charge in [0.2, 0.25) is 11.8 Å². The number of amides is 2. The Morgan fingerprint density at radius 1 is 0.857 bits per heavy atom. The minimum absolute atomic E-state index is 0.0578. The molecule has 0 N–H and O–H groups in total. The molecule has 0 aliphatic heterocycles. The van der Waals surface area contributed by atoms with Crippen LogP contribution in [0.2, 0.25) is 0 Å². The van der Waals surface area contributed by atoms with Crippen molar-refractivity contribution in [3.8, 4) is 0 Å². The van der Waals surface area contributed by atoms with Crippen LogP contribution in [-0.4, -0.2) is 34.7 Å². The second-order valence-corrected chi connectivity index (χ2v) is 7.09. The van der Waals surface area contributed by atoms with Crippen LogP contribution in [0.15, 0.2) is 53.1 Å². The van der Waals surface area contributed by atoms with Crippen molar-refractivity contribution in [1.82, 2.24) is 9.80 Å². The largest absolute Gasteiger partial charge is 0.467 e. The number of carbonyl (C=O) groups is 2. The van der Waals surface area contributed by atoms with E-state index in [1.165, 1.54) is 0 Å². The van der Waals surface area contributed by atoms with Crippen molar-refractivity contribution in [1.29, 1.82) is 0 Å². The molecule has 0 fully saturated rings. The van der Waals surface area contributed by atoms with E-state index in [0.29, 0.717) is 26.1 Å². The molecule has 0 bridgehead atoms. The van der Waals surface area contributed by atoms with Crippen LogP contribution in [0.3, 0.4) is 0 Å². The fraction of sp³-hybridized carbons (Fsp3) is 0.478. The van der Waals surface area contributed by atoms with E-state index >= 15 is 0 Å². The van der Waals surface area contributed by atoms with Crippen LogP contribution in [0.4, 0.5) is 0 Å². The van der Waals surface area contributed by atoms with Gasteiger partial charge in [-0.3, -0.25) is 9.59 Å². The van der Waals surface area contributed by atoms with Gasteiger partial charge in [0.15, 0.2) is 0 Å². The standard InChI is InChI=1S/C23H32N2O3/c1-3-5-7-14-22(26)24(15-4-2)19-23(27)25(18-21-13-10-16-28-21)17-20-11-8-6-9-12-20/h6,8-13,16H,3-5,7,14-15,17-19H2,1-2H3. The third kappa shape index (κ3) is 7.22. The first-order valence-electron chi connectivity index (χ1n) is 10.3. The lowest BCUT2D eigenvalue weighted by Gasteiger charge is -2.27. The van der Waals surface area contributed by atoms with Gasteiger partial charge in [0.25, 0.3) is 0 Å². The fourth-order valence-electron chi connectivity index (χ4n) is 3.14. The zero-order valence-electron chi connectivity index (χ0n) is 17.1. The van der Waals surface area contributed by atoms with E-state index in [4.69, 9.17) is 4.42 Å². The molecule has 2 amide bonds. The number of unbranched alkanes of at least 4 members (excludes halogenated alkanes) is 2. The van der Waals surface area contributed by atoms with Gasteiger partial charge in [-0.15, -0.1) is 0 Å². The van der Waals surface area contributed by atoms with E-state index in [1.54, 1.807) is 16.1 Å². The molecule has 5 nitrogen and oxygen atoms in total. The summed E-state index contributed by atoms with van der Waals surface area (Å²) in [5.41, 5.74) is 1.05. The first-order chi connectivity index (χ1) is 13.6. The highest BCUT2D eigenvalue weighted by molar-refractivity contribution is 5.84. The molecule has 28 heavy (non-hydrogen) atoms. The summed E-state index contributed by atoms with van der Waals surface area (Å²) in [5, 5.41) is 0. The normalized spacial score (nSPS) is 10.6. The van der Waals surface area contributed by atoms with Crippen LogP contribution in [0.25, 0.3) is 0 Å². The monoisotopic (exact) mass is 384 g/mol. The predicted molar refractivity (Wildman–Crippen MR) is 110 cm³/mol. The van der Waals surface area contributed by atoms with E-state index in [-0.39, 0.29) is 18.4 Å². The van der Waals surface area contributed by atoms with Gasteiger partial charge in [0.1, 0.15) is 5.76 Å². The minimum Gasteiger partial charge on any atom is -0.467 e. The van der Waals surface area contributed by atoms with Crippen molar-refractivity contribution >= 4 is 11.8 Å². The number of furan rings is 1. The van der Waals surface area contributed by atoms with Crippen molar-refractivity contribution < 1.29 is 14.0 Å². The average molecular weight is 385 g/mol. The molecule has 0 spiro atoms. The maximum absolute atomic E-state index is 13.1. The summed E-state index contributed by atoms with van der Waals surface area (Å²) in [6, 6.07) is 13.6. The number of rotatable bonds is 12. The molecular weight excluding hydrogens is 352 g/mol. The topological polar surface area (TPSA) is 53.8 Å². The van der Waals surface area contributed by atoms with Crippen molar-refractivity contribution in [2.24, 2.45) is 0 Å². The molecule has 2 rings (SSSR count). The van der Waals surface area contributed by atoms with Gasteiger partial charge in [-0.05, 0) is 30.5 Å². The summed E-state index contributed by atoms with van der Waals surface area (Å²) >= 11 is 0. The van der Waals surface area contributed by atoms with Crippen LogP contribution in [-0.2, 0) is 22.7 Å². The summed E-state index contributed by atoms with van der Waals surface area (Å²) in [6.07, 6.45) is 5.96. The molecule has 0 radical (unpaired) electrons. The molecule has 0 aliphatic rings. The van der Waals surface area contributed by atoms with Crippen molar-refractivity contribution in [2.75, 3.05) is 13.1 Å². The Morgan fingerprint density at radius 3 is 2.29 bits per heavy atom. The van der Waals surface area contributed by atoms with E-state index in [0.717, 1.165) is 37.0 Å². The third-order valence-corrected chi connectivity index (χ3v) is 4.66. The lowest BCUT2D eigenvalue weighted by Crippen LogP contribution is -2.42. The lowest BCUT2D eigenvalue weighted by atomic mass is 10.2. The first kappa shape index (κ1) is 21.7. The number of hydrogen-bond acceptors (Lipinski definition) is 3. The van der Waals surface area contributed by atoms with Crippen molar-refractivity contribution in [3.63, 3.8) is 0 Å². The Morgan fingerprint density at radius 2 is 1.64 bits per heavy atom. The third-order valence-electron chi connectivity index (χ3n) is 4.66. The molecule has 0 atom stereocenters. The van der Waals surface area contributed by atoms with Crippen molar-refractivity contribution in [3.05, 3.63) is 60.1 Å². The number of hydrogen-bond donors (Lipinski definition) is 0. The number of benzene rings is 1. The Labute approximate surface area is 168 Å². The zero-order chi connectivity index (χ0) is 20.2. The summed E-state index contributed by atoms with van der Waals surface area (Å²) in [6.45, 7) is 5.76. The molecule has 1 aromatic carbocycles. The SMILES string of the molecule is CCCCCC(=O)N(CCC)CC(=O)N(Cc1ccccc1)Cc1ccco1. The van der Waals surface area contributed by atoms with E-state index in [1.807, 2.05) is 49.4 Å². The maximum atomic E-state index is 13.1. The van der Waals surface area contributed by atoms with Crippen LogP contribution < -0.4 is 0 Å². The Balaban J connectivity index is 2.06. The average Bonchev–Trinajstić information content (AvgIpc) is 3.21. The number of nitrogens with zero attached hydrogens (tertiary/aromatic N) is 2. The molecular formula is C23H32N2O3. The highest BCUT2D eigenvalue weighted by Gasteiger charge is 2.21. The fourth-order valence-corrected chi connectivity index (χ4v) is 3.14. The summed E-state index contributed by atoms with van der Waals surface area (Å²) in [7, 11) is 0. The van der Waals surface area contributed by atoms with Gasteiger partial charge in [-0.2, -0.15) is 0 Å². The Hall–Kier alpha value is -2.56. The highest BCUT2D eigenvalue weighted by Crippen LogP contribution is 2.12. The Kier molecular flexibility index (Phi) is 9.32. The van der Waals surface area contributed by atoms with Crippen LogP contribution in [0.5, 0.6) is 0 Å². The molecule has 152 valence electrons. The van der Waals surface area contributed by atoms with E-state index in [2.05, 4.69) is 6.92 Å². The van der Waals surface area contributed by atoms with E-state index < -0.39 is 0 Å². The van der Waals surface area contributed by atoms with E-state index in [9.17, 15) is 9.59 Å². The van der Waals surface area contributed by atoms with Crippen LogP contribution in [0, 0.1) is 0 Å². The summed E-state index contributed by atoms with van der Waals surface area (Å²) in [4.78, 5) is 29.1. The second kappa shape index (κ2) is 12.0. The smallest absolute Gasteiger partial charge is 0.242 e. The quantitative estimate of drug-likeness (QED) is 0.502. The molecule has 2 aromatic rings. The van der Waals surface area contributed by atoms with Gasteiger partial charge >= 0.3 is 0 Å². The summed E-state index contributed by atoms with van der Waals surface area (Å²) < 4.78 is 5.44. The van der Waals surface area contributed by atoms with Crippen LogP contribution in [0.1, 0.15) is 57.3 Å². The van der Waals surface area contributed by atoms with Gasteiger partial charge in [0.05, 0.1) is 19.4 Å². The van der Waals surface area contributed by atoms with Gasteiger partial charge in [-0.25, -0.2) is 0 Å². The minimum atomic E-state index is -0.0578. The first-order valence-corrected chi connectivity index (χ1v) is 10.3. The lowest BCUT2D eigenvalue weighted by molar-refractivity contribution is -0.141. The summed E-state index contributed by atoms with van der Waals surface area (Å²) in [5.74, 6) is 0.749. The molecule has 5 heteroatoms. The highest BCUT2D eigenvalue weighted by atomic mass is 16.3. The molecule has 0 unspecified atom stereocenters.